The van der Waals surface area contributed by atoms with Crippen molar-refractivity contribution in [3.05, 3.63) is 0 Å². The molecule has 1 rings (SSSR count). The van der Waals surface area contributed by atoms with Crippen molar-refractivity contribution >= 4 is 11.9 Å². The van der Waals surface area contributed by atoms with E-state index in [0.717, 1.165) is 0 Å². The van der Waals surface area contributed by atoms with Gasteiger partial charge in [-0.25, -0.2) is 4.68 Å². The van der Waals surface area contributed by atoms with E-state index in [1.807, 2.05) is 0 Å². The van der Waals surface area contributed by atoms with Crippen molar-refractivity contribution in [3.63, 3.8) is 0 Å². The molecule has 1 aromatic rings. The first-order valence-corrected chi connectivity index (χ1v) is 3.74. The Bertz CT molecular complexity index is 317. The molecule has 0 atom stereocenters. The van der Waals surface area contributed by atoms with Gasteiger partial charge in [0.2, 0.25) is 11.9 Å². The van der Waals surface area contributed by atoms with Gasteiger partial charge in [-0.3, -0.25) is 4.79 Å². The van der Waals surface area contributed by atoms with E-state index in [9.17, 15) is 4.79 Å². The number of aryl methyl sites for hydroxylation is 1. The molecule has 7 nitrogen and oxygen atoms in total. The Kier molecular flexibility index (Phi) is 2.18. The molecule has 0 bridgehead atoms. The van der Waals surface area contributed by atoms with Gasteiger partial charge in [0.05, 0.1) is 0 Å². The van der Waals surface area contributed by atoms with Crippen LogP contribution in [0.1, 0.15) is 13.8 Å². The zero-order chi connectivity index (χ0) is 10.1. The highest BCUT2D eigenvalue weighted by Gasteiger charge is 2.26. The molecule has 0 spiro atoms. The highest BCUT2D eigenvalue weighted by Crippen LogP contribution is 2.09. The number of tetrazole rings is 1. The van der Waals surface area contributed by atoms with Gasteiger partial charge in [-0.05, 0) is 24.3 Å². The first-order chi connectivity index (χ1) is 5.93. The zero-order valence-electron chi connectivity index (χ0n) is 7.77. The smallest absolute Gasteiger partial charge is 0.243 e. The summed E-state index contributed by atoms with van der Waals surface area (Å²) in [5.74, 6) is -0.0562. The van der Waals surface area contributed by atoms with Crippen LogP contribution in [0.4, 0.5) is 5.95 Å². The Hall–Kier alpha value is -1.66. The lowest BCUT2D eigenvalue weighted by molar-refractivity contribution is -0.121. The number of aromatic nitrogens is 4. The number of rotatable bonds is 3. The highest BCUT2D eigenvalue weighted by atomic mass is 16.1. The number of hydrogen-bond acceptors (Lipinski definition) is 5. The summed E-state index contributed by atoms with van der Waals surface area (Å²) >= 11 is 0. The molecule has 0 saturated carbocycles. The molecule has 0 aliphatic heterocycles. The second kappa shape index (κ2) is 3.00. The van der Waals surface area contributed by atoms with E-state index >= 15 is 0 Å². The number of hydrogen-bond donors (Lipinski definition) is 2. The molecular weight excluding hydrogens is 172 g/mol. The Morgan fingerprint density at radius 2 is 2.23 bits per heavy atom. The van der Waals surface area contributed by atoms with Crippen molar-refractivity contribution in [2.24, 2.45) is 12.8 Å². The molecule has 0 saturated heterocycles. The minimum absolute atomic E-state index is 0.406. The van der Waals surface area contributed by atoms with Crippen LogP contribution in [0, 0.1) is 0 Å². The van der Waals surface area contributed by atoms with Crippen molar-refractivity contribution in [1.29, 1.82) is 0 Å². The maximum Gasteiger partial charge on any atom is 0.243 e. The fourth-order valence-electron chi connectivity index (χ4n) is 0.676. The molecule has 3 N–H and O–H groups in total. The average molecular weight is 184 g/mol. The third kappa shape index (κ3) is 1.92. The van der Waals surface area contributed by atoms with Gasteiger partial charge in [-0.1, -0.05) is 5.10 Å². The molecule has 0 aliphatic carbocycles. The van der Waals surface area contributed by atoms with Crippen LogP contribution >= 0.6 is 0 Å². The Labute approximate surface area is 75.3 Å². The molecule has 1 heterocycles. The zero-order valence-corrected chi connectivity index (χ0v) is 7.77. The predicted octanol–water partition coefficient (Wildman–Crippen LogP) is -1.11. The summed E-state index contributed by atoms with van der Waals surface area (Å²) < 4.78 is 1.42. The fourth-order valence-corrected chi connectivity index (χ4v) is 0.676. The Balaban J connectivity index is 2.80. The second-order valence-electron chi connectivity index (χ2n) is 3.24. The standard InChI is InChI=1S/C6H12N6O/c1-6(2,4(7)13)8-5-9-10-11-12(5)3/h1-3H3,(H2,7,13)(H,8,9,11). The van der Waals surface area contributed by atoms with Crippen molar-refractivity contribution in [3.8, 4) is 0 Å². The van der Waals surface area contributed by atoms with Crippen molar-refractivity contribution in [2.45, 2.75) is 19.4 Å². The van der Waals surface area contributed by atoms with E-state index in [4.69, 9.17) is 5.73 Å². The Morgan fingerprint density at radius 3 is 2.62 bits per heavy atom. The van der Waals surface area contributed by atoms with Crippen molar-refractivity contribution in [1.82, 2.24) is 20.2 Å². The van der Waals surface area contributed by atoms with Crippen molar-refractivity contribution in [2.75, 3.05) is 5.32 Å². The summed E-state index contributed by atoms with van der Waals surface area (Å²) in [6.45, 7) is 3.31. The van der Waals surface area contributed by atoms with Gasteiger partial charge in [-0.2, -0.15) is 0 Å². The Morgan fingerprint density at radius 1 is 1.62 bits per heavy atom. The van der Waals surface area contributed by atoms with E-state index < -0.39 is 11.4 Å². The predicted molar refractivity (Wildman–Crippen MR) is 45.7 cm³/mol. The number of primary amides is 1. The van der Waals surface area contributed by atoms with Crippen LogP contribution in [0.15, 0.2) is 0 Å². The van der Waals surface area contributed by atoms with E-state index in [1.165, 1.54) is 4.68 Å². The summed E-state index contributed by atoms with van der Waals surface area (Å²) in [7, 11) is 1.67. The molecule has 13 heavy (non-hydrogen) atoms. The summed E-state index contributed by atoms with van der Waals surface area (Å²) in [5.41, 5.74) is 4.30. The largest absolute Gasteiger partial charge is 0.368 e. The van der Waals surface area contributed by atoms with Gasteiger partial charge in [0.25, 0.3) is 0 Å². The second-order valence-corrected chi connectivity index (χ2v) is 3.24. The minimum Gasteiger partial charge on any atom is -0.368 e. The molecule has 1 aromatic heterocycles. The van der Waals surface area contributed by atoms with Crippen LogP contribution < -0.4 is 11.1 Å². The quantitative estimate of drug-likeness (QED) is 0.620. The third-order valence-electron chi connectivity index (χ3n) is 1.66. The SMILES string of the molecule is Cn1nnnc1NC(C)(C)C(N)=O. The van der Waals surface area contributed by atoms with E-state index in [2.05, 4.69) is 20.8 Å². The van der Waals surface area contributed by atoms with E-state index in [-0.39, 0.29) is 0 Å². The first-order valence-electron chi connectivity index (χ1n) is 3.74. The maximum atomic E-state index is 10.9. The van der Waals surface area contributed by atoms with E-state index in [1.54, 1.807) is 20.9 Å². The van der Waals surface area contributed by atoms with Gasteiger partial charge in [0, 0.05) is 7.05 Å². The third-order valence-corrected chi connectivity index (χ3v) is 1.66. The van der Waals surface area contributed by atoms with Crippen LogP contribution in [0.5, 0.6) is 0 Å². The molecule has 1 amide bonds. The van der Waals surface area contributed by atoms with Crippen LogP contribution in [0.25, 0.3) is 0 Å². The number of nitrogens with zero attached hydrogens (tertiary/aromatic N) is 4. The van der Waals surface area contributed by atoms with Crippen LogP contribution in [-0.2, 0) is 11.8 Å². The van der Waals surface area contributed by atoms with Gasteiger partial charge in [0.1, 0.15) is 5.54 Å². The molecule has 0 fully saturated rings. The summed E-state index contributed by atoms with van der Waals surface area (Å²) in [4.78, 5) is 10.9. The minimum atomic E-state index is -0.859. The number of carbonyl (C=O) groups excluding carboxylic acids is 1. The fraction of sp³-hybridized carbons (Fsp3) is 0.667. The van der Waals surface area contributed by atoms with Gasteiger partial charge in [-0.15, -0.1) is 0 Å². The molecule has 0 radical (unpaired) electrons. The summed E-state index contributed by atoms with van der Waals surface area (Å²) in [6, 6.07) is 0. The lowest BCUT2D eigenvalue weighted by atomic mass is 10.1. The molecular formula is C6H12N6O. The van der Waals surface area contributed by atoms with E-state index in [0.29, 0.717) is 5.95 Å². The van der Waals surface area contributed by atoms with Crippen molar-refractivity contribution < 1.29 is 4.79 Å². The average Bonchev–Trinajstić information content (AvgIpc) is 2.35. The first kappa shape index (κ1) is 9.43. The lowest BCUT2D eigenvalue weighted by Gasteiger charge is -2.21. The van der Waals surface area contributed by atoms with Crippen LogP contribution in [0.2, 0.25) is 0 Å². The molecule has 0 unspecified atom stereocenters. The molecule has 0 aliphatic rings. The van der Waals surface area contributed by atoms with Crippen LogP contribution in [0.3, 0.4) is 0 Å². The molecule has 7 heteroatoms. The monoisotopic (exact) mass is 184 g/mol. The normalized spacial score (nSPS) is 11.3. The van der Waals surface area contributed by atoms with Gasteiger partial charge < -0.3 is 11.1 Å². The highest BCUT2D eigenvalue weighted by molar-refractivity contribution is 5.86. The number of carbonyl (C=O) groups is 1. The molecule has 0 aromatic carbocycles. The van der Waals surface area contributed by atoms with Gasteiger partial charge in [0.15, 0.2) is 0 Å². The topological polar surface area (TPSA) is 98.7 Å². The lowest BCUT2D eigenvalue weighted by Crippen LogP contribution is -2.45. The number of nitrogens with one attached hydrogen (secondary N) is 1. The maximum absolute atomic E-state index is 10.9. The summed E-state index contributed by atoms with van der Waals surface area (Å²) in [5, 5.41) is 13.5. The van der Waals surface area contributed by atoms with Crippen LogP contribution in [-0.4, -0.2) is 31.7 Å². The number of amides is 1. The molecule has 72 valence electrons. The number of nitrogens with two attached hydrogens (primary N) is 1. The van der Waals surface area contributed by atoms with Gasteiger partial charge >= 0.3 is 0 Å². The number of anilines is 1. The summed E-state index contributed by atoms with van der Waals surface area (Å²) in [6.07, 6.45) is 0.